The largest absolute Gasteiger partial charge is 0.416 e. The number of para-hydroxylation sites is 2. The standard InChI is InChI=1S/C35H33ClF3N7O2S/c36-30-21-31(44-18-16-43(17-19-44)27-5-3-4-25(20-27)35(37,38)39)42-33(41-30)49-22-23-8-10-24(11-9-23)32(47)45-14-12-26(13-15-45)46-29-7-2-1-6-28(29)40-34(46)48/h1-11,20-21,26H,12-19,22H2,(H,40,48). The van der Waals surface area contributed by atoms with E-state index in [4.69, 9.17) is 16.6 Å². The normalized spacial score (nSPS) is 16.0. The molecule has 0 aliphatic carbocycles. The summed E-state index contributed by atoms with van der Waals surface area (Å²) in [7, 11) is 0. The van der Waals surface area contributed by atoms with Crippen molar-refractivity contribution in [2.75, 3.05) is 49.1 Å². The number of piperazine rings is 1. The average Bonchev–Trinajstić information content (AvgIpc) is 3.46. The van der Waals surface area contributed by atoms with Crippen molar-refractivity contribution in [2.45, 2.75) is 36.0 Å². The highest BCUT2D eigenvalue weighted by molar-refractivity contribution is 7.98. The lowest BCUT2D eigenvalue weighted by Gasteiger charge is -2.37. The fourth-order valence-electron chi connectivity index (χ4n) is 6.52. The van der Waals surface area contributed by atoms with Crippen LogP contribution in [0.1, 0.15) is 40.4 Å². The van der Waals surface area contributed by atoms with Gasteiger partial charge in [-0.05, 0) is 60.9 Å². The van der Waals surface area contributed by atoms with Crippen LogP contribution in [0, 0.1) is 0 Å². The first-order chi connectivity index (χ1) is 23.6. The second-order valence-electron chi connectivity index (χ2n) is 12.2. The van der Waals surface area contributed by atoms with Gasteiger partial charge in [0.25, 0.3) is 5.91 Å². The van der Waals surface area contributed by atoms with Crippen molar-refractivity contribution in [3.63, 3.8) is 0 Å². The highest BCUT2D eigenvalue weighted by Crippen LogP contribution is 2.33. The van der Waals surface area contributed by atoms with Gasteiger partial charge in [-0.3, -0.25) is 9.36 Å². The van der Waals surface area contributed by atoms with E-state index in [-0.39, 0.29) is 17.6 Å². The van der Waals surface area contributed by atoms with Gasteiger partial charge in [0.15, 0.2) is 5.16 Å². The van der Waals surface area contributed by atoms with Crippen molar-refractivity contribution in [3.05, 3.63) is 111 Å². The Bertz CT molecular complexity index is 2020. The van der Waals surface area contributed by atoms with Gasteiger partial charge in [-0.25, -0.2) is 14.8 Å². The number of H-pyrrole nitrogens is 1. The Morgan fingerprint density at radius 1 is 0.878 bits per heavy atom. The SMILES string of the molecule is O=C(c1ccc(CSc2nc(Cl)cc(N3CCN(c4cccc(C(F)(F)F)c4)CC3)n2)cc1)N1CCC(n2c(=O)[nH]c3ccccc32)CC1. The molecular weight excluding hydrogens is 675 g/mol. The van der Waals surface area contributed by atoms with Gasteiger partial charge >= 0.3 is 11.9 Å². The number of piperidine rings is 1. The summed E-state index contributed by atoms with van der Waals surface area (Å²) in [5.41, 5.74) is 3.09. The molecule has 49 heavy (non-hydrogen) atoms. The molecule has 2 saturated heterocycles. The second-order valence-corrected chi connectivity index (χ2v) is 13.5. The number of rotatable bonds is 7. The number of hydrogen-bond donors (Lipinski definition) is 1. The fraction of sp³-hybridized carbons (Fsp3) is 0.314. The Labute approximate surface area is 289 Å². The molecule has 14 heteroatoms. The molecule has 0 bridgehead atoms. The minimum atomic E-state index is -4.38. The predicted octanol–water partition coefficient (Wildman–Crippen LogP) is 6.89. The van der Waals surface area contributed by atoms with Gasteiger partial charge in [-0.2, -0.15) is 13.2 Å². The van der Waals surface area contributed by atoms with Crippen molar-refractivity contribution in [2.24, 2.45) is 0 Å². The maximum Gasteiger partial charge on any atom is 0.416 e. The Balaban J connectivity index is 0.923. The van der Waals surface area contributed by atoms with Crippen LogP contribution >= 0.6 is 23.4 Å². The number of halogens is 4. The molecule has 0 radical (unpaired) electrons. The van der Waals surface area contributed by atoms with Crippen molar-refractivity contribution < 1.29 is 18.0 Å². The van der Waals surface area contributed by atoms with Crippen molar-refractivity contribution in [1.29, 1.82) is 0 Å². The molecule has 5 aromatic rings. The Morgan fingerprint density at radius 2 is 1.59 bits per heavy atom. The summed E-state index contributed by atoms with van der Waals surface area (Å²) in [4.78, 5) is 43.8. The van der Waals surface area contributed by atoms with Crippen LogP contribution in [0.5, 0.6) is 0 Å². The minimum Gasteiger partial charge on any atom is -0.368 e. The van der Waals surface area contributed by atoms with Gasteiger partial charge in [0.1, 0.15) is 11.0 Å². The highest BCUT2D eigenvalue weighted by Gasteiger charge is 2.31. The molecule has 254 valence electrons. The number of benzene rings is 3. The van der Waals surface area contributed by atoms with E-state index < -0.39 is 11.7 Å². The number of imidazole rings is 1. The second kappa shape index (κ2) is 13.8. The molecule has 3 aromatic carbocycles. The van der Waals surface area contributed by atoms with E-state index in [9.17, 15) is 22.8 Å². The van der Waals surface area contributed by atoms with E-state index in [1.165, 1.54) is 23.9 Å². The summed E-state index contributed by atoms with van der Waals surface area (Å²) in [6.07, 6.45) is -2.98. The first-order valence-corrected chi connectivity index (χ1v) is 17.4. The first-order valence-electron chi connectivity index (χ1n) is 16.0. The maximum absolute atomic E-state index is 13.3. The van der Waals surface area contributed by atoms with Crippen molar-refractivity contribution in [3.8, 4) is 0 Å². The number of aromatic amines is 1. The number of fused-ring (bicyclic) bond motifs is 1. The van der Waals surface area contributed by atoms with Gasteiger partial charge in [-0.15, -0.1) is 0 Å². The molecule has 0 atom stereocenters. The summed E-state index contributed by atoms with van der Waals surface area (Å²) in [6.45, 7) is 3.37. The van der Waals surface area contributed by atoms with Gasteiger partial charge in [0.05, 0.1) is 16.6 Å². The third-order valence-corrected chi connectivity index (χ3v) is 10.2. The molecule has 2 aromatic heterocycles. The lowest BCUT2D eigenvalue weighted by Crippen LogP contribution is -2.47. The number of amides is 1. The Morgan fingerprint density at radius 3 is 2.33 bits per heavy atom. The van der Waals surface area contributed by atoms with Crippen LogP contribution in [0.25, 0.3) is 11.0 Å². The van der Waals surface area contributed by atoms with Crippen LogP contribution < -0.4 is 15.5 Å². The molecular formula is C35H33ClF3N7O2S. The van der Waals surface area contributed by atoms with Crippen molar-refractivity contribution in [1.82, 2.24) is 24.4 Å². The van der Waals surface area contributed by atoms with E-state index in [0.29, 0.717) is 85.2 Å². The molecule has 0 saturated carbocycles. The Hall–Kier alpha value is -4.49. The molecule has 7 rings (SSSR count). The molecule has 2 fully saturated rings. The fourth-order valence-corrected chi connectivity index (χ4v) is 7.56. The van der Waals surface area contributed by atoms with Crippen LogP contribution in [0.15, 0.2) is 88.8 Å². The van der Waals surface area contributed by atoms with Gasteiger partial charge in [0.2, 0.25) is 0 Å². The van der Waals surface area contributed by atoms with Crippen LogP contribution in [0.3, 0.4) is 0 Å². The predicted molar refractivity (Wildman–Crippen MR) is 186 cm³/mol. The van der Waals surface area contributed by atoms with Crippen LogP contribution in [0.2, 0.25) is 5.15 Å². The number of carbonyl (C=O) groups is 1. The first kappa shape index (κ1) is 33.0. The van der Waals surface area contributed by atoms with E-state index in [2.05, 4.69) is 14.9 Å². The number of alkyl halides is 3. The third kappa shape index (κ3) is 7.28. The van der Waals surface area contributed by atoms with Crippen molar-refractivity contribution >= 4 is 51.8 Å². The number of nitrogens with one attached hydrogen (secondary N) is 1. The van der Waals surface area contributed by atoms with E-state index in [1.807, 2.05) is 62.9 Å². The van der Waals surface area contributed by atoms with E-state index >= 15 is 0 Å². The summed E-state index contributed by atoms with van der Waals surface area (Å²) in [5, 5.41) is 0.826. The molecule has 2 aliphatic rings. The summed E-state index contributed by atoms with van der Waals surface area (Å²) >= 11 is 7.80. The summed E-state index contributed by atoms with van der Waals surface area (Å²) in [6, 6.07) is 22.3. The third-order valence-electron chi connectivity index (χ3n) is 9.11. The number of anilines is 2. The Kier molecular flexibility index (Phi) is 9.29. The zero-order valence-corrected chi connectivity index (χ0v) is 27.9. The zero-order chi connectivity index (χ0) is 34.1. The van der Waals surface area contributed by atoms with E-state index in [0.717, 1.165) is 22.7 Å². The lowest BCUT2D eigenvalue weighted by molar-refractivity contribution is -0.137. The summed E-state index contributed by atoms with van der Waals surface area (Å²) < 4.78 is 41.4. The number of aromatic nitrogens is 4. The van der Waals surface area contributed by atoms with Gasteiger partial charge in [-0.1, -0.05) is 53.7 Å². The number of carbonyl (C=O) groups excluding carboxylic acids is 1. The molecule has 0 unspecified atom stereocenters. The molecule has 1 N–H and O–H groups in total. The number of thioether (sulfide) groups is 1. The maximum atomic E-state index is 13.3. The number of hydrogen-bond acceptors (Lipinski definition) is 7. The molecule has 9 nitrogen and oxygen atoms in total. The van der Waals surface area contributed by atoms with Gasteiger partial charge < -0.3 is 19.7 Å². The minimum absolute atomic E-state index is 0.0279. The molecule has 2 aliphatic heterocycles. The molecule has 0 spiro atoms. The van der Waals surface area contributed by atoms with E-state index in [1.54, 1.807) is 12.1 Å². The highest BCUT2D eigenvalue weighted by atomic mass is 35.5. The van der Waals surface area contributed by atoms with Crippen LogP contribution in [-0.2, 0) is 11.9 Å². The lowest BCUT2D eigenvalue weighted by atomic mass is 10.0. The molecule has 4 heterocycles. The zero-order valence-electron chi connectivity index (χ0n) is 26.4. The van der Waals surface area contributed by atoms with Gasteiger partial charge in [0, 0.05) is 68.4 Å². The number of nitrogens with zero attached hydrogens (tertiary/aromatic N) is 6. The van der Waals surface area contributed by atoms with Crippen LogP contribution in [0.4, 0.5) is 24.7 Å². The monoisotopic (exact) mass is 707 g/mol. The average molecular weight is 708 g/mol. The smallest absolute Gasteiger partial charge is 0.368 e. The molecule has 1 amide bonds. The summed E-state index contributed by atoms with van der Waals surface area (Å²) in [5.74, 6) is 1.22. The quantitative estimate of drug-likeness (QED) is 0.112. The van der Waals surface area contributed by atoms with Crippen LogP contribution in [-0.4, -0.2) is 69.6 Å². The number of likely N-dealkylation sites (tertiary alicyclic amines) is 1. The topological polar surface area (TPSA) is 90.4 Å².